The molecule has 2 rings (SSSR count). The normalized spacial score (nSPS) is 25.2. The second kappa shape index (κ2) is 12.9. The lowest BCUT2D eigenvalue weighted by molar-refractivity contribution is -0.134. The maximum Gasteiger partial charge on any atom is 0.330 e. The van der Waals surface area contributed by atoms with Crippen molar-refractivity contribution in [2.24, 2.45) is 5.92 Å². The molecule has 166 valence electrons. The number of allylic oxidation sites excluding steroid dienone is 3. The number of hydrogen-bond donors (Lipinski definition) is 2. The molecule has 2 N–H and O–H groups in total. The minimum absolute atomic E-state index is 0.0194. The van der Waals surface area contributed by atoms with E-state index >= 15 is 0 Å². The van der Waals surface area contributed by atoms with Crippen LogP contribution in [-0.2, 0) is 9.53 Å². The van der Waals surface area contributed by atoms with Gasteiger partial charge in [-0.15, -0.1) is 11.6 Å². The summed E-state index contributed by atoms with van der Waals surface area (Å²) in [5.74, 6) is -0.237. The molecular formula is C25H35ClO4. The van der Waals surface area contributed by atoms with Crippen molar-refractivity contribution in [3.05, 3.63) is 59.7 Å². The molecule has 1 saturated carbocycles. The molecule has 5 atom stereocenters. The Hall–Kier alpha value is -1.62. The zero-order valence-electron chi connectivity index (χ0n) is 18.0. The Kier molecular flexibility index (Phi) is 10.6. The third-order valence-corrected chi connectivity index (χ3v) is 6.40. The van der Waals surface area contributed by atoms with Gasteiger partial charge in [-0.05, 0) is 42.7 Å². The first-order valence-corrected chi connectivity index (χ1v) is 11.4. The largest absolute Gasteiger partial charge is 0.466 e. The number of methoxy groups -OCH3 is 1. The molecule has 1 aromatic rings. The Morgan fingerprint density at radius 2 is 1.97 bits per heavy atom. The van der Waals surface area contributed by atoms with Gasteiger partial charge in [0.25, 0.3) is 0 Å². The summed E-state index contributed by atoms with van der Waals surface area (Å²) in [6.45, 7) is 2.16. The molecular weight excluding hydrogens is 400 g/mol. The number of benzene rings is 1. The molecule has 4 nitrogen and oxygen atoms in total. The summed E-state index contributed by atoms with van der Waals surface area (Å²) in [6, 6.07) is 8.00. The van der Waals surface area contributed by atoms with Gasteiger partial charge in [0.1, 0.15) is 0 Å². The van der Waals surface area contributed by atoms with Gasteiger partial charge in [-0.3, -0.25) is 0 Å². The molecule has 1 aromatic carbocycles. The number of carbonyl (C=O) groups excluding carboxylic acids is 1. The highest BCUT2D eigenvalue weighted by atomic mass is 35.5. The van der Waals surface area contributed by atoms with Crippen LogP contribution in [0.1, 0.15) is 75.0 Å². The van der Waals surface area contributed by atoms with Crippen molar-refractivity contribution >= 4 is 17.6 Å². The van der Waals surface area contributed by atoms with Crippen LogP contribution in [0.3, 0.4) is 0 Å². The number of hydrogen-bond acceptors (Lipinski definition) is 4. The summed E-state index contributed by atoms with van der Waals surface area (Å²) in [4.78, 5) is 11.1. The van der Waals surface area contributed by atoms with Crippen LogP contribution in [0.25, 0.3) is 0 Å². The average Bonchev–Trinajstić information content (AvgIpc) is 3.03. The number of unbranched alkanes of at least 4 members (excludes halogenated alkanes) is 2. The van der Waals surface area contributed by atoms with Gasteiger partial charge in [-0.2, -0.15) is 0 Å². The lowest BCUT2D eigenvalue weighted by atomic mass is 9.84. The van der Waals surface area contributed by atoms with Crippen molar-refractivity contribution in [2.45, 2.75) is 75.4 Å². The van der Waals surface area contributed by atoms with Crippen molar-refractivity contribution in [2.75, 3.05) is 7.11 Å². The number of halogens is 1. The second-order valence-electron chi connectivity index (χ2n) is 8.06. The standard InChI is InChI=1S/C25H35ClO4/c1-3-4-7-11-22(27)18-13-15-19(16-14-18)25-20(21(26)17-23(25)28)10-8-5-6-9-12-24(29)30-2/h5,8-9,12-16,20-23,25,27-28H,3-4,6-7,10-11,17H2,1-2H3/b8-5-,12-9+/t20?,21?,22?,23-,25?/m1/s1. The minimum atomic E-state index is -0.467. The van der Waals surface area contributed by atoms with Gasteiger partial charge in [-0.25, -0.2) is 4.79 Å². The third-order valence-electron chi connectivity index (χ3n) is 5.90. The SMILES string of the molecule is CCCCCC(O)c1ccc(C2C(C/C=C\C/C=C/C(=O)OC)C(Cl)C[C@H]2O)cc1. The van der Waals surface area contributed by atoms with Crippen LogP contribution in [0.5, 0.6) is 0 Å². The number of carbonyl (C=O) groups is 1. The average molecular weight is 435 g/mol. The lowest BCUT2D eigenvalue weighted by Gasteiger charge is -2.23. The Morgan fingerprint density at radius 3 is 2.63 bits per heavy atom. The van der Waals surface area contributed by atoms with Gasteiger partial charge in [0, 0.05) is 17.4 Å². The molecule has 0 heterocycles. The topological polar surface area (TPSA) is 66.8 Å². The molecule has 0 amide bonds. The van der Waals surface area contributed by atoms with Gasteiger partial charge in [0.2, 0.25) is 0 Å². The van der Waals surface area contributed by atoms with Crippen molar-refractivity contribution in [3.63, 3.8) is 0 Å². The number of alkyl halides is 1. The summed E-state index contributed by atoms with van der Waals surface area (Å²) < 4.78 is 4.56. The first kappa shape index (κ1) is 24.6. The van der Waals surface area contributed by atoms with Crippen LogP contribution >= 0.6 is 11.6 Å². The molecule has 1 aliphatic carbocycles. The first-order valence-electron chi connectivity index (χ1n) is 11.0. The van der Waals surface area contributed by atoms with E-state index in [1.54, 1.807) is 6.08 Å². The molecule has 0 aliphatic heterocycles. The van der Waals surface area contributed by atoms with Gasteiger partial charge in [0.05, 0.1) is 19.3 Å². The van der Waals surface area contributed by atoms with Crippen LogP contribution in [-0.4, -0.2) is 34.8 Å². The molecule has 0 radical (unpaired) electrons. The van der Waals surface area contributed by atoms with Crippen LogP contribution in [0, 0.1) is 5.92 Å². The van der Waals surface area contributed by atoms with E-state index < -0.39 is 12.2 Å². The lowest BCUT2D eigenvalue weighted by Crippen LogP contribution is -2.18. The number of ether oxygens (including phenoxy) is 1. The molecule has 1 aliphatic rings. The van der Waals surface area contributed by atoms with Gasteiger partial charge < -0.3 is 14.9 Å². The second-order valence-corrected chi connectivity index (χ2v) is 8.62. The monoisotopic (exact) mass is 434 g/mol. The van der Waals surface area contributed by atoms with E-state index in [9.17, 15) is 15.0 Å². The molecule has 1 fully saturated rings. The Bertz CT molecular complexity index is 698. The molecule has 0 aromatic heterocycles. The van der Waals surface area contributed by atoms with Crippen molar-refractivity contribution in [3.8, 4) is 0 Å². The maximum absolute atomic E-state index is 11.1. The minimum Gasteiger partial charge on any atom is -0.466 e. The van der Waals surface area contributed by atoms with Gasteiger partial charge in [0.15, 0.2) is 0 Å². The molecule has 0 spiro atoms. The van der Waals surface area contributed by atoms with Crippen LogP contribution in [0.2, 0.25) is 0 Å². The van der Waals surface area contributed by atoms with Gasteiger partial charge >= 0.3 is 5.97 Å². The highest BCUT2D eigenvalue weighted by Crippen LogP contribution is 2.45. The molecule has 4 unspecified atom stereocenters. The van der Waals surface area contributed by atoms with Crippen molar-refractivity contribution in [1.29, 1.82) is 0 Å². The van der Waals surface area contributed by atoms with Crippen LogP contribution in [0.15, 0.2) is 48.6 Å². The quantitative estimate of drug-likeness (QED) is 0.160. The predicted molar refractivity (Wildman–Crippen MR) is 122 cm³/mol. The first-order chi connectivity index (χ1) is 14.5. The number of aliphatic hydroxyl groups is 2. The van der Waals surface area contributed by atoms with Crippen molar-refractivity contribution in [1.82, 2.24) is 0 Å². The Labute approximate surface area is 185 Å². The molecule has 5 heteroatoms. The fraction of sp³-hybridized carbons (Fsp3) is 0.560. The number of rotatable bonds is 11. The van der Waals surface area contributed by atoms with E-state index in [1.165, 1.54) is 13.2 Å². The summed E-state index contributed by atoms with van der Waals surface area (Å²) >= 11 is 6.56. The van der Waals surface area contributed by atoms with E-state index in [-0.39, 0.29) is 23.2 Å². The molecule has 30 heavy (non-hydrogen) atoms. The summed E-state index contributed by atoms with van der Waals surface area (Å²) in [5.41, 5.74) is 2.00. The molecule has 0 bridgehead atoms. The summed E-state index contributed by atoms with van der Waals surface area (Å²) in [6.07, 6.45) is 12.4. The number of esters is 1. The third kappa shape index (κ3) is 7.26. The smallest absolute Gasteiger partial charge is 0.330 e. The predicted octanol–water partition coefficient (Wildman–Crippen LogP) is 5.44. The zero-order valence-corrected chi connectivity index (χ0v) is 18.8. The van der Waals surface area contributed by atoms with E-state index in [2.05, 4.69) is 17.7 Å². The summed E-state index contributed by atoms with van der Waals surface area (Å²) in [7, 11) is 1.36. The van der Waals surface area contributed by atoms with Crippen LogP contribution in [0.4, 0.5) is 0 Å². The number of aliphatic hydroxyl groups excluding tert-OH is 2. The maximum atomic E-state index is 11.1. The fourth-order valence-electron chi connectivity index (χ4n) is 4.18. The van der Waals surface area contributed by atoms with Crippen molar-refractivity contribution < 1.29 is 19.7 Å². The van der Waals surface area contributed by atoms with Gasteiger partial charge in [-0.1, -0.05) is 68.7 Å². The Balaban J connectivity index is 1.98. The Morgan fingerprint density at radius 1 is 1.23 bits per heavy atom. The summed E-state index contributed by atoms with van der Waals surface area (Å²) in [5, 5.41) is 20.9. The van der Waals surface area contributed by atoms with Crippen LogP contribution < -0.4 is 0 Å². The highest BCUT2D eigenvalue weighted by Gasteiger charge is 2.41. The van der Waals surface area contributed by atoms with E-state index in [4.69, 9.17) is 11.6 Å². The van der Waals surface area contributed by atoms with E-state index in [1.807, 2.05) is 30.3 Å². The fourth-order valence-corrected chi connectivity index (χ4v) is 4.62. The van der Waals surface area contributed by atoms with E-state index in [0.717, 1.165) is 43.2 Å². The molecule has 0 saturated heterocycles. The highest BCUT2D eigenvalue weighted by molar-refractivity contribution is 6.21. The zero-order chi connectivity index (χ0) is 21.9. The van der Waals surface area contributed by atoms with E-state index in [0.29, 0.717) is 12.8 Å².